The van der Waals surface area contributed by atoms with Crippen LogP contribution in [0.4, 0.5) is 5.69 Å². The maximum atomic E-state index is 13.9. The van der Waals surface area contributed by atoms with Gasteiger partial charge in [0.25, 0.3) is 5.91 Å². The van der Waals surface area contributed by atoms with Crippen molar-refractivity contribution in [1.29, 1.82) is 0 Å². The summed E-state index contributed by atoms with van der Waals surface area (Å²) in [6.07, 6.45) is 4.51. The van der Waals surface area contributed by atoms with Crippen molar-refractivity contribution in [3.63, 3.8) is 0 Å². The van der Waals surface area contributed by atoms with Gasteiger partial charge in [-0.3, -0.25) is 4.79 Å². The lowest BCUT2D eigenvalue weighted by Gasteiger charge is -2.36. The lowest BCUT2D eigenvalue weighted by atomic mass is 9.69. The van der Waals surface area contributed by atoms with Crippen molar-refractivity contribution in [2.24, 2.45) is 11.3 Å². The molecule has 42 heavy (non-hydrogen) atoms. The molecule has 1 aromatic heterocycles. The molecule has 1 aliphatic heterocycles. The summed E-state index contributed by atoms with van der Waals surface area (Å²) in [5, 5.41) is 0.749. The highest BCUT2D eigenvalue weighted by molar-refractivity contribution is 6.07. The van der Waals surface area contributed by atoms with E-state index in [0.29, 0.717) is 18.5 Å². The number of carbonyl (C=O) groups is 2. The molecule has 1 atom stereocenters. The number of nitrogens with zero attached hydrogens (tertiary/aromatic N) is 2. The van der Waals surface area contributed by atoms with Crippen LogP contribution in [0.5, 0.6) is 5.75 Å². The number of rotatable bonds is 5. The number of hydrogen-bond acceptors (Lipinski definition) is 5. The van der Waals surface area contributed by atoms with Gasteiger partial charge in [0.05, 0.1) is 23.9 Å². The molecule has 0 radical (unpaired) electrons. The Morgan fingerprint density at radius 2 is 1.71 bits per heavy atom. The molecule has 0 spiro atoms. The van der Waals surface area contributed by atoms with Crippen LogP contribution in [0.1, 0.15) is 59.9 Å². The molecule has 0 fully saturated rings. The van der Waals surface area contributed by atoms with Gasteiger partial charge < -0.3 is 14.4 Å². The molecule has 214 valence electrons. The number of allylic oxidation sites excluding steroid dienone is 1. The van der Waals surface area contributed by atoms with E-state index in [1.54, 1.807) is 12.0 Å². The fourth-order valence-corrected chi connectivity index (χ4v) is 6.15. The maximum Gasteiger partial charge on any atom is 0.339 e. The molecular formula is C36H36N2O4. The summed E-state index contributed by atoms with van der Waals surface area (Å²) in [6.45, 7) is 7.01. The third-order valence-corrected chi connectivity index (χ3v) is 8.61. The molecule has 6 nitrogen and oxygen atoms in total. The molecule has 6 heteroatoms. The Balaban J connectivity index is 1.39. The molecule has 1 aliphatic carbocycles. The summed E-state index contributed by atoms with van der Waals surface area (Å²) in [5.74, 6) is 0.388. The number of esters is 1. The molecule has 6 rings (SSSR count). The van der Waals surface area contributed by atoms with Crippen molar-refractivity contribution in [3.8, 4) is 5.75 Å². The van der Waals surface area contributed by atoms with E-state index in [4.69, 9.17) is 14.5 Å². The van der Waals surface area contributed by atoms with Gasteiger partial charge in [-0.25, -0.2) is 9.78 Å². The Labute approximate surface area is 247 Å². The monoisotopic (exact) mass is 560 g/mol. The van der Waals surface area contributed by atoms with E-state index in [1.807, 2.05) is 72.8 Å². The van der Waals surface area contributed by atoms with Crippen molar-refractivity contribution in [3.05, 3.63) is 101 Å². The maximum absolute atomic E-state index is 13.9. The molecule has 0 saturated carbocycles. The minimum atomic E-state index is -0.482. The van der Waals surface area contributed by atoms with Crippen molar-refractivity contribution in [1.82, 2.24) is 4.98 Å². The lowest BCUT2D eigenvalue weighted by molar-refractivity contribution is -0.121. The first-order chi connectivity index (χ1) is 20.2. The number of aromatic nitrogens is 1. The second kappa shape index (κ2) is 11.1. The summed E-state index contributed by atoms with van der Waals surface area (Å²) < 4.78 is 11.1. The van der Waals surface area contributed by atoms with Crippen molar-refractivity contribution >= 4 is 40.1 Å². The fraction of sp³-hybridized carbons (Fsp3) is 0.306. The number of carbonyl (C=O) groups excluding carboxylic acids is 2. The summed E-state index contributed by atoms with van der Waals surface area (Å²) in [7, 11) is 1.66. The summed E-state index contributed by atoms with van der Waals surface area (Å²) in [5.41, 5.74) is 7.14. The first-order valence-corrected chi connectivity index (χ1v) is 14.5. The zero-order valence-corrected chi connectivity index (χ0v) is 24.6. The topological polar surface area (TPSA) is 68.7 Å². The van der Waals surface area contributed by atoms with E-state index in [2.05, 4.69) is 26.8 Å². The average Bonchev–Trinajstić information content (AvgIpc) is 3.43. The minimum absolute atomic E-state index is 0.00260. The number of benzene rings is 3. The summed E-state index contributed by atoms with van der Waals surface area (Å²) in [6, 6.07) is 23.5. The van der Waals surface area contributed by atoms with Crippen LogP contribution >= 0.6 is 0 Å². The molecule has 2 heterocycles. The normalized spacial score (nSPS) is 17.2. The smallest absolute Gasteiger partial charge is 0.339 e. The summed E-state index contributed by atoms with van der Waals surface area (Å²) in [4.78, 5) is 33.9. The minimum Gasteiger partial charge on any atom is -0.497 e. The number of para-hydroxylation sites is 2. The van der Waals surface area contributed by atoms with E-state index < -0.39 is 5.97 Å². The van der Waals surface area contributed by atoms with Gasteiger partial charge in [0.1, 0.15) is 5.75 Å². The number of amides is 1. The number of methoxy groups -OCH3 is 1. The van der Waals surface area contributed by atoms with Crippen LogP contribution in [0.2, 0.25) is 0 Å². The third kappa shape index (κ3) is 5.29. The van der Waals surface area contributed by atoms with E-state index in [-0.39, 0.29) is 23.8 Å². The predicted octanol–water partition coefficient (Wildman–Crippen LogP) is 7.14. The van der Waals surface area contributed by atoms with Crippen molar-refractivity contribution in [2.75, 3.05) is 25.2 Å². The molecule has 4 aromatic rings. The van der Waals surface area contributed by atoms with Crippen LogP contribution < -0.4 is 9.64 Å². The van der Waals surface area contributed by atoms with E-state index in [0.717, 1.165) is 63.1 Å². The van der Waals surface area contributed by atoms with Gasteiger partial charge in [-0.15, -0.1) is 0 Å². The Morgan fingerprint density at radius 3 is 2.48 bits per heavy atom. The number of anilines is 1. The Morgan fingerprint density at radius 1 is 0.976 bits per heavy atom. The summed E-state index contributed by atoms with van der Waals surface area (Å²) >= 11 is 0. The average molecular weight is 561 g/mol. The molecule has 2 aliphatic rings. The van der Waals surface area contributed by atoms with Crippen molar-refractivity contribution in [2.45, 2.75) is 40.0 Å². The van der Waals surface area contributed by atoms with Gasteiger partial charge in [0, 0.05) is 17.6 Å². The Kier molecular flexibility index (Phi) is 7.31. The molecule has 0 N–H and O–H groups in total. The lowest BCUT2D eigenvalue weighted by Crippen LogP contribution is -2.33. The molecule has 1 amide bonds. The second-order valence-corrected chi connectivity index (χ2v) is 12.2. The van der Waals surface area contributed by atoms with Gasteiger partial charge >= 0.3 is 5.97 Å². The Hall–Kier alpha value is -4.45. The molecule has 0 bridgehead atoms. The van der Waals surface area contributed by atoms with Crippen LogP contribution in [0.3, 0.4) is 0 Å². The van der Waals surface area contributed by atoms with E-state index >= 15 is 0 Å². The predicted molar refractivity (Wildman–Crippen MR) is 167 cm³/mol. The van der Waals surface area contributed by atoms with E-state index in [1.165, 1.54) is 0 Å². The van der Waals surface area contributed by atoms with Gasteiger partial charge in [-0.2, -0.15) is 0 Å². The van der Waals surface area contributed by atoms with Gasteiger partial charge in [-0.1, -0.05) is 69.3 Å². The number of hydrogen-bond donors (Lipinski definition) is 0. The highest BCUT2D eigenvalue weighted by atomic mass is 16.5. The van der Waals surface area contributed by atoms with Crippen LogP contribution in [0.15, 0.2) is 72.8 Å². The highest BCUT2D eigenvalue weighted by Gasteiger charge is 2.36. The zero-order chi connectivity index (χ0) is 29.4. The third-order valence-electron chi connectivity index (χ3n) is 8.61. The number of pyridine rings is 1. The Bertz CT molecular complexity index is 1700. The van der Waals surface area contributed by atoms with Gasteiger partial charge in [-0.05, 0) is 83.2 Å². The van der Waals surface area contributed by atoms with E-state index in [9.17, 15) is 9.59 Å². The molecule has 1 unspecified atom stereocenters. The number of fused-ring (bicyclic) bond motifs is 3. The fourth-order valence-electron chi connectivity index (χ4n) is 6.15. The van der Waals surface area contributed by atoms with Gasteiger partial charge in [0.2, 0.25) is 0 Å². The van der Waals surface area contributed by atoms with Crippen molar-refractivity contribution < 1.29 is 19.1 Å². The molecular weight excluding hydrogens is 524 g/mol. The highest BCUT2D eigenvalue weighted by Crippen LogP contribution is 2.45. The molecule has 3 aromatic carbocycles. The zero-order valence-electron chi connectivity index (χ0n) is 24.6. The molecule has 0 saturated heterocycles. The van der Waals surface area contributed by atoms with Gasteiger partial charge in [0.15, 0.2) is 6.61 Å². The van der Waals surface area contributed by atoms with Crippen LogP contribution in [-0.4, -0.2) is 37.1 Å². The first-order valence-electron chi connectivity index (χ1n) is 14.5. The largest absolute Gasteiger partial charge is 0.497 e. The standard InChI is InChI=1S/C36H36N2O4/c1-36(2,3)26-20-25(19-23-13-15-27(41-4)16-14-23)34-29(21-26)33(28-10-6-7-11-30(28)37-34)35(40)42-22-32(39)38-18-17-24-9-5-8-12-31(24)38/h5-16,19,26H,17-18,20-22H2,1-4H3/b25-19-. The SMILES string of the molecule is COc1ccc(/C=C2/CC(C(C)(C)C)Cc3c2nc2ccccc2c3C(=O)OCC(=O)N2CCc3ccccc32)cc1. The first kappa shape index (κ1) is 27.7. The second-order valence-electron chi connectivity index (χ2n) is 12.2. The number of ether oxygens (including phenoxy) is 2. The quantitative estimate of drug-likeness (QED) is 0.243. The van der Waals surface area contributed by atoms with Crippen LogP contribution in [-0.2, 0) is 22.4 Å². The van der Waals surface area contributed by atoms with Crippen LogP contribution in [0.25, 0.3) is 22.6 Å². The van der Waals surface area contributed by atoms with Crippen LogP contribution in [0, 0.1) is 11.3 Å².